The fraction of sp³-hybridized carbons (Fsp3) is 0.655. The van der Waals surface area contributed by atoms with Crippen LogP contribution in [0.15, 0.2) is 12.1 Å². The number of hydrogen-bond donors (Lipinski definition) is 1. The molecule has 1 N–H and O–H groups in total. The first kappa shape index (κ1) is 29.9. The maximum Gasteiger partial charge on any atom is 0.410 e. The summed E-state index contributed by atoms with van der Waals surface area (Å²) in [5.41, 5.74) is 0.337. The summed E-state index contributed by atoms with van der Waals surface area (Å²) >= 11 is 0. The third-order valence-corrected chi connectivity index (χ3v) is 8.08. The van der Waals surface area contributed by atoms with Crippen LogP contribution in [0.4, 0.5) is 25.5 Å². The standard InChI is InChI=1S/C29H42FN7O5/c1-29(2,3)42-23(38)19-41-28(40)36-12-8-20(9-13-36)18-34-14-16-35(17-15-34)22-7-6-21-25(24(22)30)33(4)32-26(21)37-11-5-10-31-27(37)39/h6-7,20H,5,8-19H2,1-4H3,(H,31,39). The minimum atomic E-state index is -0.619. The lowest BCUT2D eigenvalue weighted by atomic mass is 9.96. The number of likely N-dealkylation sites (tertiary alicyclic amines) is 1. The first-order valence-electron chi connectivity index (χ1n) is 14.8. The summed E-state index contributed by atoms with van der Waals surface area (Å²) in [6.07, 6.45) is 2.07. The van der Waals surface area contributed by atoms with E-state index < -0.39 is 17.7 Å². The van der Waals surface area contributed by atoms with E-state index in [9.17, 15) is 14.4 Å². The lowest BCUT2D eigenvalue weighted by Gasteiger charge is -2.39. The molecular formula is C29H42FN7O5. The van der Waals surface area contributed by atoms with Gasteiger partial charge >= 0.3 is 18.1 Å². The molecule has 13 heteroatoms. The number of hydrogen-bond acceptors (Lipinski definition) is 8. The number of carbonyl (C=O) groups excluding carboxylic acids is 3. The van der Waals surface area contributed by atoms with Gasteiger partial charge in [0.15, 0.2) is 18.2 Å². The molecule has 0 bridgehead atoms. The number of anilines is 2. The van der Waals surface area contributed by atoms with E-state index >= 15 is 4.39 Å². The Bertz CT molecular complexity index is 1310. The van der Waals surface area contributed by atoms with Gasteiger partial charge in [-0.3, -0.25) is 14.5 Å². The third kappa shape index (κ3) is 6.71. The second-order valence-electron chi connectivity index (χ2n) is 12.3. The predicted octanol–water partition coefficient (Wildman–Crippen LogP) is 2.94. The topological polar surface area (TPSA) is 112 Å². The number of esters is 1. The van der Waals surface area contributed by atoms with Crippen molar-refractivity contribution in [3.8, 4) is 0 Å². The zero-order valence-corrected chi connectivity index (χ0v) is 25.0. The number of urea groups is 1. The average molecular weight is 588 g/mol. The molecule has 3 aliphatic rings. The molecular weight excluding hydrogens is 545 g/mol. The lowest BCUT2D eigenvalue weighted by molar-refractivity contribution is -0.158. The van der Waals surface area contributed by atoms with E-state index in [1.807, 2.05) is 6.07 Å². The zero-order valence-electron chi connectivity index (χ0n) is 25.0. The number of fused-ring (bicyclic) bond motifs is 1. The van der Waals surface area contributed by atoms with Crippen molar-refractivity contribution in [2.45, 2.75) is 45.6 Å². The highest BCUT2D eigenvalue weighted by Crippen LogP contribution is 2.34. The molecule has 0 atom stereocenters. The van der Waals surface area contributed by atoms with Crippen LogP contribution in [-0.2, 0) is 21.3 Å². The molecule has 1 aromatic heterocycles. The number of nitrogens with one attached hydrogen (secondary N) is 1. The van der Waals surface area contributed by atoms with Crippen molar-refractivity contribution in [1.29, 1.82) is 0 Å². The smallest absolute Gasteiger partial charge is 0.410 e. The Morgan fingerprint density at radius 1 is 1.07 bits per heavy atom. The van der Waals surface area contributed by atoms with Gasteiger partial charge in [-0.25, -0.2) is 18.8 Å². The predicted molar refractivity (Wildman–Crippen MR) is 156 cm³/mol. The monoisotopic (exact) mass is 587 g/mol. The number of carbonyl (C=O) groups is 3. The maximum absolute atomic E-state index is 15.8. The second-order valence-corrected chi connectivity index (χ2v) is 12.3. The highest BCUT2D eigenvalue weighted by molar-refractivity contribution is 6.02. The molecule has 2 aromatic rings. The summed E-state index contributed by atoms with van der Waals surface area (Å²) in [4.78, 5) is 44.3. The minimum Gasteiger partial charge on any atom is -0.457 e. The molecule has 1 aromatic carbocycles. The van der Waals surface area contributed by atoms with Crippen molar-refractivity contribution in [2.24, 2.45) is 13.0 Å². The Morgan fingerprint density at radius 2 is 1.79 bits per heavy atom. The number of ether oxygens (including phenoxy) is 2. The molecule has 3 fully saturated rings. The number of aryl methyl sites for hydroxylation is 1. The van der Waals surface area contributed by atoms with Gasteiger partial charge in [-0.2, -0.15) is 5.10 Å². The Hall–Kier alpha value is -3.61. The van der Waals surface area contributed by atoms with E-state index in [-0.39, 0.29) is 18.5 Å². The molecule has 3 saturated heterocycles. The molecule has 0 aliphatic carbocycles. The first-order chi connectivity index (χ1) is 20.0. The van der Waals surface area contributed by atoms with E-state index in [4.69, 9.17) is 9.47 Å². The molecule has 5 rings (SSSR count). The van der Waals surface area contributed by atoms with Crippen molar-refractivity contribution >= 4 is 40.5 Å². The van der Waals surface area contributed by atoms with Crippen molar-refractivity contribution in [1.82, 2.24) is 24.9 Å². The summed E-state index contributed by atoms with van der Waals surface area (Å²) in [6, 6.07) is 3.47. The fourth-order valence-electron chi connectivity index (χ4n) is 5.99. The number of piperazine rings is 1. The van der Waals surface area contributed by atoms with Gasteiger partial charge in [-0.05, 0) is 58.1 Å². The number of piperidine rings is 1. The van der Waals surface area contributed by atoms with Gasteiger partial charge in [-0.15, -0.1) is 0 Å². The first-order valence-corrected chi connectivity index (χ1v) is 14.8. The fourth-order valence-corrected chi connectivity index (χ4v) is 5.99. The van der Waals surface area contributed by atoms with Crippen molar-refractivity contribution in [3.63, 3.8) is 0 Å². The van der Waals surface area contributed by atoms with E-state index in [1.165, 1.54) is 4.68 Å². The van der Waals surface area contributed by atoms with Gasteiger partial charge in [0, 0.05) is 71.3 Å². The number of benzene rings is 1. The van der Waals surface area contributed by atoms with Crippen LogP contribution >= 0.6 is 0 Å². The van der Waals surface area contributed by atoms with Gasteiger partial charge in [0.2, 0.25) is 0 Å². The van der Waals surface area contributed by atoms with Crippen LogP contribution in [0.3, 0.4) is 0 Å². The minimum absolute atomic E-state index is 0.203. The lowest BCUT2D eigenvalue weighted by Crippen LogP contribution is -2.49. The van der Waals surface area contributed by atoms with Gasteiger partial charge in [0.25, 0.3) is 0 Å². The van der Waals surface area contributed by atoms with Gasteiger partial charge in [0.1, 0.15) is 11.1 Å². The summed E-state index contributed by atoms with van der Waals surface area (Å²) in [6.45, 7) is 11.3. The van der Waals surface area contributed by atoms with Crippen LogP contribution in [0.25, 0.3) is 10.9 Å². The van der Waals surface area contributed by atoms with E-state index in [0.717, 1.165) is 38.9 Å². The van der Waals surface area contributed by atoms with Crippen LogP contribution in [0.2, 0.25) is 0 Å². The van der Waals surface area contributed by atoms with Crippen molar-refractivity contribution in [3.05, 3.63) is 17.9 Å². The summed E-state index contributed by atoms with van der Waals surface area (Å²) < 4.78 is 27.7. The third-order valence-electron chi connectivity index (χ3n) is 8.08. The average Bonchev–Trinajstić information content (AvgIpc) is 3.29. The Balaban J connectivity index is 1.10. The molecule has 42 heavy (non-hydrogen) atoms. The largest absolute Gasteiger partial charge is 0.457 e. The van der Waals surface area contributed by atoms with E-state index in [1.54, 1.807) is 43.7 Å². The van der Waals surface area contributed by atoms with Crippen LogP contribution in [-0.4, -0.2) is 109 Å². The Labute approximate surface area is 245 Å². The maximum atomic E-state index is 15.8. The van der Waals surface area contributed by atoms with Gasteiger partial charge < -0.3 is 24.6 Å². The van der Waals surface area contributed by atoms with Crippen LogP contribution in [0, 0.1) is 11.7 Å². The van der Waals surface area contributed by atoms with Crippen molar-refractivity contribution in [2.75, 3.05) is 75.3 Å². The number of rotatable bonds is 6. The Kier molecular flexibility index (Phi) is 8.76. The Morgan fingerprint density at radius 3 is 2.45 bits per heavy atom. The molecule has 4 heterocycles. The summed E-state index contributed by atoms with van der Waals surface area (Å²) in [5.74, 6) is 0.0773. The van der Waals surface area contributed by atoms with E-state index in [0.29, 0.717) is 67.6 Å². The molecule has 3 aliphatic heterocycles. The normalized spacial score (nSPS) is 19.3. The second kappa shape index (κ2) is 12.3. The van der Waals surface area contributed by atoms with Crippen LogP contribution in [0.1, 0.15) is 40.0 Å². The SMILES string of the molecule is Cn1nc(N2CCCNC2=O)c2ccc(N3CCN(CC4CCN(C(=O)OCC(=O)OC(C)(C)C)CC4)CC3)c(F)c21. The van der Waals surface area contributed by atoms with Crippen LogP contribution < -0.4 is 15.1 Å². The number of halogens is 1. The van der Waals surface area contributed by atoms with Gasteiger partial charge in [0.05, 0.1) is 5.69 Å². The number of aromatic nitrogens is 2. The highest BCUT2D eigenvalue weighted by atomic mass is 19.1. The molecule has 12 nitrogen and oxygen atoms in total. The summed E-state index contributed by atoms with van der Waals surface area (Å²) in [7, 11) is 1.71. The molecule has 0 radical (unpaired) electrons. The quantitative estimate of drug-likeness (QED) is 0.514. The molecule has 0 unspecified atom stereocenters. The van der Waals surface area contributed by atoms with Crippen LogP contribution in [0.5, 0.6) is 0 Å². The number of nitrogens with zero attached hydrogens (tertiary/aromatic N) is 6. The zero-order chi connectivity index (χ0) is 30.0. The molecule has 3 amide bonds. The van der Waals surface area contributed by atoms with E-state index in [2.05, 4.69) is 20.2 Å². The number of amides is 3. The van der Waals surface area contributed by atoms with Gasteiger partial charge in [-0.1, -0.05) is 0 Å². The highest BCUT2D eigenvalue weighted by Gasteiger charge is 2.30. The summed E-state index contributed by atoms with van der Waals surface area (Å²) in [5, 5.41) is 7.96. The molecule has 0 spiro atoms. The molecule has 230 valence electrons. The van der Waals surface area contributed by atoms with Crippen molar-refractivity contribution < 1.29 is 28.2 Å². The molecule has 0 saturated carbocycles.